The average molecular weight is 318 g/mol. The van der Waals surface area contributed by atoms with Crippen LogP contribution < -0.4 is 5.32 Å². The van der Waals surface area contributed by atoms with Crippen molar-refractivity contribution < 1.29 is 13.6 Å². The maximum absolute atomic E-state index is 12.6. The van der Waals surface area contributed by atoms with Crippen molar-refractivity contribution in [3.05, 3.63) is 35.4 Å². The second-order valence-electron chi connectivity index (χ2n) is 4.47. The van der Waals surface area contributed by atoms with E-state index >= 15 is 0 Å². The third-order valence-electron chi connectivity index (χ3n) is 3.07. The van der Waals surface area contributed by atoms with Gasteiger partial charge in [0.1, 0.15) is 0 Å². The number of carbonyl (C=O) groups is 1. The molecule has 1 aromatic rings. The van der Waals surface area contributed by atoms with Crippen LogP contribution in [-0.2, 0) is 4.79 Å². The molecule has 0 aromatic heterocycles. The molecule has 0 heterocycles. The van der Waals surface area contributed by atoms with Crippen LogP contribution >= 0.6 is 23.4 Å². The summed E-state index contributed by atoms with van der Waals surface area (Å²) in [5, 5.41) is 2.93. The monoisotopic (exact) mass is 317 g/mol. The zero-order valence-corrected chi connectivity index (χ0v) is 12.2. The number of rotatable bonds is 4. The maximum atomic E-state index is 12.6. The number of nitrogens with one attached hydrogen (secondary N) is 1. The molecule has 108 valence electrons. The number of alkyl halides is 2. The number of amides is 1. The van der Waals surface area contributed by atoms with E-state index in [4.69, 9.17) is 11.6 Å². The van der Waals surface area contributed by atoms with Crippen LogP contribution in [0, 0.1) is 5.92 Å². The lowest BCUT2D eigenvalue weighted by Crippen LogP contribution is -2.23. The fourth-order valence-electron chi connectivity index (χ4n) is 2.08. The average Bonchev–Trinajstić information content (AvgIpc) is 2.43. The van der Waals surface area contributed by atoms with E-state index in [1.165, 1.54) is 6.07 Å². The van der Waals surface area contributed by atoms with Crippen molar-refractivity contribution in [1.82, 2.24) is 0 Å². The smallest absolute Gasteiger partial charge is 0.289 e. The molecule has 0 saturated heterocycles. The van der Waals surface area contributed by atoms with Crippen LogP contribution in [0.5, 0.6) is 0 Å². The molecule has 0 fully saturated rings. The standard InChI is InChI=1S/C14H14ClF2NOS/c15-10-7-4-8-11(12(10)20-14(16)17)18-13(19)9-5-2-1-3-6-9/h1-2,4,7-9,14H,3,5-6H2,(H,18,19). The summed E-state index contributed by atoms with van der Waals surface area (Å²) in [6, 6.07) is 4.76. The van der Waals surface area contributed by atoms with Gasteiger partial charge in [0.2, 0.25) is 5.91 Å². The Labute approximate surface area is 125 Å². The van der Waals surface area contributed by atoms with Gasteiger partial charge < -0.3 is 5.32 Å². The molecule has 0 saturated carbocycles. The first-order valence-electron chi connectivity index (χ1n) is 6.27. The van der Waals surface area contributed by atoms with Gasteiger partial charge in [-0.1, -0.05) is 41.6 Å². The number of carbonyl (C=O) groups excluding carboxylic acids is 1. The van der Waals surface area contributed by atoms with Gasteiger partial charge in [0.05, 0.1) is 15.6 Å². The number of hydrogen-bond donors (Lipinski definition) is 1. The Balaban J connectivity index is 2.14. The molecule has 0 radical (unpaired) electrons. The van der Waals surface area contributed by atoms with Gasteiger partial charge in [0, 0.05) is 5.92 Å². The molecule has 0 spiro atoms. The van der Waals surface area contributed by atoms with E-state index < -0.39 is 5.76 Å². The Kier molecular flexibility index (Phi) is 5.43. The quantitative estimate of drug-likeness (QED) is 0.629. The van der Waals surface area contributed by atoms with Gasteiger partial charge in [-0.3, -0.25) is 4.79 Å². The molecule has 0 bridgehead atoms. The summed E-state index contributed by atoms with van der Waals surface area (Å²) in [4.78, 5) is 12.3. The summed E-state index contributed by atoms with van der Waals surface area (Å²) in [6.07, 6.45) is 6.35. The van der Waals surface area contributed by atoms with E-state index in [1.54, 1.807) is 12.1 Å². The predicted octanol–water partition coefficient (Wildman–Crippen LogP) is 4.95. The lowest BCUT2D eigenvalue weighted by molar-refractivity contribution is -0.120. The van der Waals surface area contributed by atoms with Crippen LogP contribution in [0.25, 0.3) is 0 Å². The van der Waals surface area contributed by atoms with E-state index in [2.05, 4.69) is 5.32 Å². The largest absolute Gasteiger partial charge is 0.325 e. The van der Waals surface area contributed by atoms with Gasteiger partial charge in [-0.05, 0) is 31.4 Å². The third kappa shape index (κ3) is 3.96. The number of halogens is 3. The van der Waals surface area contributed by atoms with E-state index in [9.17, 15) is 13.6 Å². The first-order chi connectivity index (χ1) is 9.58. The Morgan fingerprint density at radius 3 is 2.85 bits per heavy atom. The second-order valence-corrected chi connectivity index (χ2v) is 5.87. The van der Waals surface area contributed by atoms with Gasteiger partial charge >= 0.3 is 0 Å². The molecule has 2 rings (SSSR count). The minimum absolute atomic E-state index is 0.108. The molecule has 1 aliphatic carbocycles. The predicted molar refractivity (Wildman–Crippen MR) is 78.4 cm³/mol. The van der Waals surface area contributed by atoms with Gasteiger partial charge in [0.25, 0.3) is 5.76 Å². The fourth-order valence-corrected chi connectivity index (χ4v) is 3.00. The van der Waals surface area contributed by atoms with Crippen molar-refractivity contribution in [1.29, 1.82) is 0 Å². The molecule has 1 unspecified atom stereocenters. The van der Waals surface area contributed by atoms with E-state index in [0.717, 1.165) is 12.8 Å². The number of hydrogen-bond acceptors (Lipinski definition) is 2. The number of thioether (sulfide) groups is 1. The van der Waals surface area contributed by atoms with E-state index in [-0.39, 0.29) is 21.7 Å². The van der Waals surface area contributed by atoms with Crippen LogP contribution in [0.1, 0.15) is 19.3 Å². The molecule has 1 atom stereocenters. The van der Waals surface area contributed by atoms with Crippen molar-refractivity contribution >= 4 is 35.0 Å². The van der Waals surface area contributed by atoms with Crippen LogP contribution in [0.3, 0.4) is 0 Å². The zero-order valence-electron chi connectivity index (χ0n) is 10.6. The number of allylic oxidation sites excluding steroid dienone is 2. The molecule has 0 aliphatic heterocycles. The molecule has 6 heteroatoms. The molecule has 1 aliphatic rings. The van der Waals surface area contributed by atoms with Gasteiger partial charge in [0.15, 0.2) is 0 Å². The Morgan fingerprint density at radius 1 is 1.40 bits per heavy atom. The maximum Gasteiger partial charge on any atom is 0.289 e. The van der Waals surface area contributed by atoms with Crippen molar-refractivity contribution in [2.24, 2.45) is 5.92 Å². The fraction of sp³-hybridized carbons (Fsp3) is 0.357. The number of anilines is 1. The van der Waals surface area contributed by atoms with Crippen molar-refractivity contribution in [3.63, 3.8) is 0 Å². The van der Waals surface area contributed by atoms with Crippen LogP contribution in [0.4, 0.5) is 14.5 Å². The second kappa shape index (κ2) is 7.09. The van der Waals surface area contributed by atoms with Crippen molar-refractivity contribution in [2.75, 3.05) is 5.32 Å². The summed E-state index contributed by atoms with van der Waals surface area (Å²) in [5.74, 6) is -2.83. The van der Waals surface area contributed by atoms with Crippen molar-refractivity contribution in [3.8, 4) is 0 Å². The Hall–Kier alpha value is -1.07. The van der Waals surface area contributed by atoms with Crippen LogP contribution in [0.2, 0.25) is 5.02 Å². The highest BCUT2D eigenvalue weighted by molar-refractivity contribution is 7.99. The summed E-state index contributed by atoms with van der Waals surface area (Å²) >= 11 is 6.27. The molecular formula is C14H14ClF2NOS. The lowest BCUT2D eigenvalue weighted by atomic mass is 9.93. The lowest BCUT2D eigenvalue weighted by Gasteiger charge is -2.19. The summed E-state index contributed by atoms with van der Waals surface area (Å²) in [5.41, 5.74) is 0.349. The highest BCUT2D eigenvalue weighted by atomic mass is 35.5. The summed E-state index contributed by atoms with van der Waals surface area (Å²) in [6.45, 7) is 0. The first-order valence-corrected chi connectivity index (χ1v) is 7.53. The molecular weight excluding hydrogens is 304 g/mol. The molecule has 2 nitrogen and oxygen atoms in total. The summed E-state index contributed by atoms with van der Waals surface area (Å²) < 4.78 is 25.1. The zero-order chi connectivity index (χ0) is 14.5. The van der Waals surface area contributed by atoms with Gasteiger partial charge in [-0.15, -0.1) is 0 Å². The molecule has 1 N–H and O–H groups in total. The minimum Gasteiger partial charge on any atom is -0.325 e. The topological polar surface area (TPSA) is 29.1 Å². The minimum atomic E-state index is -2.58. The Morgan fingerprint density at radius 2 is 2.20 bits per heavy atom. The molecule has 20 heavy (non-hydrogen) atoms. The van der Waals surface area contributed by atoms with E-state index in [1.807, 2.05) is 12.2 Å². The van der Waals surface area contributed by atoms with Gasteiger partial charge in [-0.2, -0.15) is 8.78 Å². The highest BCUT2D eigenvalue weighted by Gasteiger charge is 2.21. The summed E-state index contributed by atoms with van der Waals surface area (Å²) in [7, 11) is 0. The SMILES string of the molecule is O=C(Nc1cccc(Cl)c1SC(F)F)C1CC=CCC1. The molecule has 1 aromatic carbocycles. The molecule has 1 amide bonds. The van der Waals surface area contributed by atoms with Crippen molar-refractivity contribution in [2.45, 2.75) is 29.9 Å². The third-order valence-corrected chi connectivity index (χ3v) is 4.35. The number of benzene rings is 1. The highest BCUT2D eigenvalue weighted by Crippen LogP contribution is 2.38. The Bertz CT molecular complexity index is 522. The van der Waals surface area contributed by atoms with Crippen LogP contribution in [-0.4, -0.2) is 11.7 Å². The van der Waals surface area contributed by atoms with Gasteiger partial charge in [-0.25, -0.2) is 0 Å². The van der Waals surface area contributed by atoms with Crippen LogP contribution in [0.15, 0.2) is 35.2 Å². The normalized spacial score (nSPS) is 18.3. The first kappa shape index (κ1) is 15.3. The van der Waals surface area contributed by atoms with E-state index in [0.29, 0.717) is 23.9 Å².